The number of hydrogen-bond acceptors (Lipinski definition) is 4. The lowest BCUT2D eigenvalue weighted by atomic mass is 10.2. The van der Waals surface area contributed by atoms with Crippen molar-refractivity contribution < 1.29 is 4.79 Å². The molecule has 0 bridgehead atoms. The Bertz CT molecular complexity index is 688. The molecule has 6 heteroatoms. The number of hydrogen-bond donors (Lipinski definition) is 1. The lowest BCUT2D eigenvalue weighted by molar-refractivity contribution is 0.197. The van der Waals surface area contributed by atoms with Crippen LogP contribution in [0.4, 0.5) is 10.5 Å². The molecule has 3 rings (SSSR count). The van der Waals surface area contributed by atoms with E-state index in [-0.39, 0.29) is 12.1 Å². The summed E-state index contributed by atoms with van der Waals surface area (Å²) in [5.41, 5.74) is 2.22. The third-order valence-corrected chi connectivity index (χ3v) is 5.61. The molecule has 0 spiro atoms. The Kier molecular flexibility index (Phi) is 5.91. The number of carbonyl (C=O) groups excluding carboxylic acids is 1. The molecule has 0 saturated carbocycles. The predicted octanol–water partition coefficient (Wildman–Crippen LogP) is 3.82. The molecule has 2 aromatic rings. The van der Waals surface area contributed by atoms with Crippen LogP contribution in [-0.2, 0) is 0 Å². The number of nitrogens with one attached hydrogen (secondary N) is 1. The molecular weight excluding hydrogens is 332 g/mol. The number of thiophene rings is 1. The van der Waals surface area contributed by atoms with Crippen LogP contribution in [0.25, 0.3) is 0 Å². The van der Waals surface area contributed by atoms with Gasteiger partial charge in [-0.1, -0.05) is 13.0 Å². The lowest BCUT2D eigenvalue weighted by Crippen LogP contribution is -2.43. The smallest absolute Gasteiger partial charge is 0.317 e. The first-order chi connectivity index (χ1) is 12.2. The summed E-state index contributed by atoms with van der Waals surface area (Å²) in [6.07, 6.45) is 3.74. The highest BCUT2D eigenvalue weighted by molar-refractivity contribution is 7.10. The van der Waals surface area contributed by atoms with Crippen molar-refractivity contribution in [1.29, 1.82) is 0 Å². The molecule has 0 aromatic carbocycles. The summed E-state index contributed by atoms with van der Waals surface area (Å²) in [7, 11) is 0. The quantitative estimate of drug-likeness (QED) is 0.904. The van der Waals surface area contributed by atoms with Gasteiger partial charge in [0.1, 0.15) is 0 Å². The van der Waals surface area contributed by atoms with E-state index in [2.05, 4.69) is 39.6 Å². The van der Waals surface area contributed by atoms with Crippen LogP contribution >= 0.6 is 11.3 Å². The molecule has 2 aromatic heterocycles. The number of aromatic nitrogens is 1. The Morgan fingerprint density at radius 2 is 2.20 bits per heavy atom. The summed E-state index contributed by atoms with van der Waals surface area (Å²) < 4.78 is 0. The van der Waals surface area contributed by atoms with Gasteiger partial charge >= 0.3 is 6.03 Å². The highest BCUT2D eigenvalue weighted by atomic mass is 32.1. The largest absolute Gasteiger partial charge is 0.370 e. The van der Waals surface area contributed by atoms with Gasteiger partial charge in [-0.2, -0.15) is 0 Å². The van der Waals surface area contributed by atoms with Gasteiger partial charge in [0.15, 0.2) is 0 Å². The van der Waals surface area contributed by atoms with E-state index in [4.69, 9.17) is 0 Å². The molecule has 5 nitrogen and oxygen atoms in total. The Hall–Kier alpha value is -2.08. The first-order valence-electron chi connectivity index (χ1n) is 8.94. The van der Waals surface area contributed by atoms with Gasteiger partial charge in [-0.25, -0.2) is 4.79 Å². The van der Waals surface area contributed by atoms with Crippen LogP contribution in [0.5, 0.6) is 0 Å². The number of anilines is 1. The Labute approximate surface area is 153 Å². The summed E-state index contributed by atoms with van der Waals surface area (Å²) in [4.78, 5) is 22.5. The van der Waals surface area contributed by atoms with E-state index >= 15 is 0 Å². The standard InChI is InChI=1S/C19H26N4OS/c1-3-17(18-6-4-13-25-18)21-19(24)23-10-5-9-22(11-12-23)16-7-8-20-15(2)14-16/h4,6-8,13-14,17H,3,5,9-12H2,1-2H3,(H,21,24). The Morgan fingerprint density at radius 1 is 1.32 bits per heavy atom. The zero-order valence-corrected chi connectivity index (χ0v) is 15.8. The number of pyridine rings is 1. The van der Waals surface area contributed by atoms with E-state index in [1.54, 1.807) is 11.3 Å². The number of aryl methyl sites for hydroxylation is 1. The second kappa shape index (κ2) is 8.34. The molecule has 1 N–H and O–H groups in total. The predicted molar refractivity (Wildman–Crippen MR) is 103 cm³/mol. The molecule has 1 aliphatic heterocycles. The van der Waals surface area contributed by atoms with Crippen molar-refractivity contribution in [1.82, 2.24) is 15.2 Å². The third-order valence-electron chi connectivity index (χ3n) is 4.62. The van der Waals surface area contributed by atoms with E-state index in [0.29, 0.717) is 0 Å². The van der Waals surface area contributed by atoms with Gasteiger partial charge in [-0.15, -0.1) is 11.3 Å². The molecule has 1 fully saturated rings. The third kappa shape index (κ3) is 4.51. The average molecular weight is 359 g/mol. The minimum absolute atomic E-state index is 0.0491. The monoisotopic (exact) mass is 358 g/mol. The van der Waals surface area contributed by atoms with Crippen molar-refractivity contribution in [3.05, 3.63) is 46.4 Å². The minimum atomic E-state index is 0.0491. The molecule has 25 heavy (non-hydrogen) atoms. The van der Waals surface area contributed by atoms with Gasteiger partial charge in [0.2, 0.25) is 0 Å². The maximum Gasteiger partial charge on any atom is 0.317 e. The molecule has 3 heterocycles. The van der Waals surface area contributed by atoms with Crippen LogP contribution < -0.4 is 10.2 Å². The molecule has 0 aliphatic carbocycles. The van der Waals surface area contributed by atoms with Gasteiger partial charge in [-0.3, -0.25) is 4.98 Å². The molecule has 1 aliphatic rings. The fourth-order valence-corrected chi connectivity index (χ4v) is 4.07. The van der Waals surface area contributed by atoms with Gasteiger partial charge in [0.05, 0.1) is 6.04 Å². The first kappa shape index (κ1) is 17.7. The van der Waals surface area contributed by atoms with Crippen LogP contribution in [-0.4, -0.2) is 42.1 Å². The summed E-state index contributed by atoms with van der Waals surface area (Å²) >= 11 is 1.70. The zero-order valence-electron chi connectivity index (χ0n) is 14.9. The van der Waals surface area contributed by atoms with Crippen molar-refractivity contribution in [2.45, 2.75) is 32.7 Å². The SMILES string of the molecule is CCC(NC(=O)N1CCCN(c2ccnc(C)c2)CC1)c1cccs1. The highest BCUT2D eigenvalue weighted by Gasteiger charge is 2.22. The zero-order chi connectivity index (χ0) is 17.6. The Balaban J connectivity index is 1.59. The Morgan fingerprint density at radius 3 is 2.92 bits per heavy atom. The van der Waals surface area contributed by atoms with E-state index < -0.39 is 0 Å². The lowest BCUT2D eigenvalue weighted by Gasteiger charge is -2.25. The topological polar surface area (TPSA) is 48.5 Å². The molecule has 134 valence electrons. The molecule has 0 radical (unpaired) electrons. The van der Waals surface area contributed by atoms with E-state index in [1.165, 1.54) is 10.6 Å². The van der Waals surface area contributed by atoms with Crippen LogP contribution in [0.2, 0.25) is 0 Å². The van der Waals surface area contributed by atoms with Crippen molar-refractivity contribution in [2.24, 2.45) is 0 Å². The van der Waals surface area contributed by atoms with Crippen molar-refractivity contribution >= 4 is 23.1 Å². The van der Waals surface area contributed by atoms with Crippen LogP contribution in [0, 0.1) is 6.92 Å². The van der Waals surface area contributed by atoms with Crippen LogP contribution in [0.3, 0.4) is 0 Å². The molecule has 1 saturated heterocycles. The number of nitrogens with zero attached hydrogens (tertiary/aromatic N) is 3. The molecule has 2 amide bonds. The van der Waals surface area contributed by atoms with Crippen molar-refractivity contribution in [3.8, 4) is 0 Å². The van der Waals surface area contributed by atoms with Gasteiger partial charge < -0.3 is 15.1 Å². The van der Waals surface area contributed by atoms with Gasteiger partial charge in [0, 0.05) is 48.6 Å². The van der Waals surface area contributed by atoms with Crippen molar-refractivity contribution in [2.75, 3.05) is 31.1 Å². The molecule has 1 atom stereocenters. The minimum Gasteiger partial charge on any atom is -0.370 e. The number of amides is 2. The fourth-order valence-electron chi connectivity index (χ4n) is 3.21. The van der Waals surface area contributed by atoms with Crippen LogP contribution in [0.15, 0.2) is 35.8 Å². The molecule has 1 unspecified atom stereocenters. The summed E-state index contributed by atoms with van der Waals surface area (Å²) in [6.45, 7) is 7.49. The van der Waals surface area contributed by atoms with Gasteiger partial charge in [0.25, 0.3) is 0 Å². The normalized spacial score (nSPS) is 16.4. The maximum absolute atomic E-state index is 12.7. The van der Waals surface area contributed by atoms with E-state index in [0.717, 1.165) is 44.7 Å². The second-order valence-electron chi connectivity index (χ2n) is 6.41. The van der Waals surface area contributed by atoms with Gasteiger partial charge in [-0.05, 0) is 43.3 Å². The number of carbonyl (C=O) groups is 1. The van der Waals surface area contributed by atoms with Crippen molar-refractivity contribution in [3.63, 3.8) is 0 Å². The maximum atomic E-state index is 12.7. The summed E-state index contributed by atoms with van der Waals surface area (Å²) in [6, 6.07) is 8.44. The molecular formula is C19H26N4OS. The van der Waals surface area contributed by atoms with Crippen LogP contribution in [0.1, 0.15) is 36.4 Å². The van der Waals surface area contributed by atoms with E-state index in [9.17, 15) is 4.79 Å². The highest BCUT2D eigenvalue weighted by Crippen LogP contribution is 2.22. The summed E-state index contributed by atoms with van der Waals surface area (Å²) in [5.74, 6) is 0. The summed E-state index contributed by atoms with van der Waals surface area (Å²) in [5, 5.41) is 5.26. The average Bonchev–Trinajstić information content (AvgIpc) is 3.03. The number of rotatable bonds is 4. The number of urea groups is 1. The fraction of sp³-hybridized carbons (Fsp3) is 0.474. The first-order valence-corrected chi connectivity index (χ1v) is 9.81. The second-order valence-corrected chi connectivity index (χ2v) is 7.39. The van der Waals surface area contributed by atoms with E-state index in [1.807, 2.05) is 30.2 Å².